The molecule has 5 nitrogen and oxygen atoms in total. The van der Waals surface area contributed by atoms with E-state index in [-0.39, 0.29) is 16.9 Å². The third-order valence-electron chi connectivity index (χ3n) is 2.77. The van der Waals surface area contributed by atoms with Gasteiger partial charge >= 0.3 is 5.97 Å². The van der Waals surface area contributed by atoms with Crippen molar-refractivity contribution in [2.24, 2.45) is 0 Å². The topological polar surface area (TPSA) is 59.8 Å². The molecule has 1 aromatic heterocycles. The average molecular weight is 258 g/mol. The van der Waals surface area contributed by atoms with Crippen LogP contribution in [0.15, 0.2) is 16.5 Å². The zero-order valence-electron chi connectivity index (χ0n) is 9.31. The predicted octanol–water partition coefficient (Wildman–Crippen LogP) is 1.71. The molecule has 0 N–H and O–H groups in total. The summed E-state index contributed by atoms with van der Waals surface area (Å²) in [4.78, 5) is 25.0. The second-order valence-electron chi connectivity index (χ2n) is 3.78. The van der Waals surface area contributed by atoms with E-state index in [2.05, 4.69) is 4.74 Å². The molecule has 2 rings (SSSR count). The summed E-state index contributed by atoms with van der Waals surface area (Å²) in [5.74, 6) is -0.580. The summed E-state index contributed by atoms with van der Waals surface area (Å²) in [6.07, 6.45) is 1.40. The Bertz CT molecular complexity index is 442. The Balaban J connectivity index is 2.16. The molecule has 1 aromatic rings. The number of halogens is 1. The number of ether oxygens (including phenoxy) is 1. The fourth-order valence-electron chi connectivity index (χ4n) is 1.96. The van der Waals surface area contributed by atoms with Crippen molar-refractivity contribution in [3.05, 3.63) is 23.1 Å². The van der Waals surface area contributed by atoms with E-state index in [9.17, 15) is 9.59 Å². The number of hydrogen-bond acceptors (Lipinski definition) is 4. The first kappa shape index (κ1) is 12.0. The number of methoxy groups -OCH3 is 1. The second kappa shape index (κ2) is 4.79. The van der Waals surface area contributed by atoms with Crippen LogP contribution in [0.5, 0.6) is 0 Å². The summed E-state index contributed by atoms with van der Waals surface area (Å²) in [5.41, 5.74) is 0. The van der Waals surface area contributed by atoms with E-state index in [0.717, 1.165) is 6.42 Å². The molecule has 0 radical (unpaired) electrons. The zero-order chi connectivity index (χ0) is 12.4. The molecule has 1 aliphatic rings. The van der Waals surface area contributed by atoms with Crippen LogP contribution in [0.1, 0.15) is 23.4 Å². The summed E-state index contributed by atoms with van der Waals surface area (Å²) >= 11 is 5.61. The quantitative estimate of drug-likeness (QED) is 0.757. The van der Waals surface area contributed by atoms with E-state index < -0.39 is 12.0 Å². The number of hydrogen-bond donors (Lipinski definition) is 0. The molecule has 6 heteroatoms. The molecule has 2 heterocycles. The minimum Gasteiger partial charge on any atom is -0.467 e. The lowest BCUT2D eigenvalue weighted by Crippen LogP contribution is -2.40. The van der Waals surface area contributed by atoms with Gasteiger partial charge in [0.2, 0.25) is 0 Å². The van der Waals surface area contributed by atoms with Crippen LogP contribution in [0, 0.1) is 0 Å². The molecule has 1 saturated heterocycles. The van der Waals surface area contributed by atoms with Crippen LogP contribution in [0.4, 0.5) is 0 Å². The van der Waals surface area contributed by atoms with Crippen LogP contribution in [0.3, 0.4) is 0 Å². The standard InChI is InChI=1S/C11H12ClNO4/c1-16-11(15)7-3-2-6-13(7)10(14)8-4-5-9(12)17-8/h4-5,7H,2-3,6H2,1H3. The highest BCUT2D eigenvalue weighted by Crippen LogP contribution is 2.23. The average Bonchev–Trinajstić information content (AvgIpc) is 2.95. The van der Waals surface area contributed by atoms with E-state index in [1.165, 1.54) is 24.1 Å². The Kier molecular flexibility index (Phi) is 3.38. The van der Waals surface area contributed by atoms with Gasteiger partial charge in [-0.3, -0.25) is 4.79 Å². The third kappa shape index (κ3) is 2.29. The number of rotatable bonds is 2. The summed E-state index contributed by atoms with van der Waals surface area (Å²) in [5, 5.41) is 0.155. The number of amides is 1. The van der Waals surface area contributed by atoms with Crippen molar-refractivity contribution in [3.8, 4) is 0 Å². The molecule has 0 saturated carbocycles. The fraction of sp³-hybridized carbons (Fsp3) is 0.455. The van der Waals surface area contributed by atoms with Gasteiger partial charge in [0.15, 0.2) is 11.0 Å². The van der Waals surface area contributed by atoms with Gasteiger partial charge in [-0.2, -0.15) is 0 Å². The van der Waals surface area contributed by atoms with E-state index in [1.807, 2.05) is 0 Å². The van der Waals surface area contributed by atoms with E-state index in [0.29, 0.717) is 13.0 Å². The van der Waals surface area contributed by atoms with Crippen molar-refractivity contribution < 1.29 is 18.7 Å². The number of carbonyl (C=O) groups is 2. The van der Waals surface area contributed by atoms with Crippen molar-refractivity contribution in [2.75, 3.05) is 13.7 Å². The summed E-state index contributed by atoms with van der Waals surface area (Å²) in [7, 11) is 1.31. The molecule has 1 amide bonds. The number of furan rings is 1. The van der Waals surface area contributed by atoms with Crippen molar-refractivity contribution in [1.82, 2.24) is 4.90 Å². The highest BCUT2D eigenvalue weighted by atomic mass is 35.5. The van der Waals surface area contributed by atoms with Gasteiger partial charge in [-0.25, -0.2) is 4.79 Å². The zero-order valence-corrected chi connectivity index (χ0v) is 10.1. The van der Waals surface area contributed by atoms with Crippen molar-refractivity contribution >= 4 is 23.5 Å². The van der Waals surface area contributed by atoms with Crippen LogP contribution in [-0.4, -0.2) is 36.5 Å². The SMILES string of the molecule is COC(=O)C1CCCN1C(=O)c1ccc(Cl)o1. The Labute approximate surface area is 103 Å². The molecule has 92 valence electrons. The van der Waals surface area contributed by atoms with Gasteiger partial charge in [-0.05, 0) is 36.6 Å². The van der Waals surface area contributed by atoms with E-state index in [4.69, 9.17) is 16.0 Å². The van der Waals surface area contributed by atoms with Crippen molar-refractivity contribution in [3.63, 3.8) is 0 Å². The van der Waals surface area contributed by atoms with E-state index >= 15 is 0 Å². The maximum atomic E-state index is 12.1. The molecule has 0 aromatic carbocycles. The fourth-order valence-corrected chi connectivity index (χ4v) is 2.11. The molecular formula is C11H12ClNO4. The van der Waals surface area contributed by atoms with Crippen molar-refractivity contribution in [2.45, 2.75) is 18.9 Å². The summed E-state index contributed by atoms with van der Waals surface area (Å²) in [6, 6.07) is 2.48. The lowest BCUT2D eigenvalue weighted by atomic mass is 10.2. The summed E-state index contributed by atoms with van der Waals surface area (Å²) in [6.45, 7) is 0.525. The van der Waals surface area contributed by atoms with Gasteiger partial charge in [0.25, 0.3) is 5.91 Å². The van der Waals surface area contributed by atoms with Gasteiger partial charge in [-0.15, -0.1) is 0 Å². The highest BCUT2D eigenvalue weighted by Gasteiger charge is 2.36. The number of likely N-dealkylation sites (tertiary alicyclic amines) is 1. The summed E-state index contributed by atoms with van der Waals surface area (Å²) < 4.78 is 9.71. The van der Waals surface area contributed by atoms with Gasteiger partial charge < -0.3 is 14.1 Å². The van der Waals surface area contributed by atoms with Crippen LogP contribution in [0.25, 0.3) is 0 Å². The minimum atomic E-state index is -0.517. The van der Waals surface area contributed by atoms with Gasteiger partial charge in [-0.1, -0.05) is 0 Å². The smallest absolute Gasteiger partial charge is 0.328 e. The molecule has 1 unspecified atom stereocenters. The van der Waals surface area contributed by atoms with Gasteiger partial charge in [0.05, 0.1) is 7.11 Å². The van der Waals surface area contributed by atoms with Gasteiger partial charge in [0, 0.05) is 6.54 Å². The molecule has 0 aliphatic carbocycles. The lowest BCUT2D eigenvalue weighted by molar-refractivity contribution is -0.145. The maximum absolute atomic E-state index is 12.1. The molecule has 1 fully saturated rings. The van der Waals surface area contributed by atoms with Crippen LogP contribution < -0.4 is 0 Å². The molecule has 0 spiro atoms. The maximum Gasteiger partial charge on any atom is 0.328 e. The Morgan fingerprint density at radius 2 is 2.29 bits per heavy atom. The predicted molar refractivity (Wildman–Crippen MR) is 59.8 cm³/mol. The lowest BCUT2D eigenvalue weighted by Gasteiger charge is -2.21. The second-order valence-corrected chi connectivity index (χ2v) is 4.16. The molecule has 0 bridgehead atoms. The van der Waals surface area contributed by atoms with Crippen LogP contribution in [-0.2, 0) is 9.53 Å². The van der Waals surface area contributed by atoms with E-state index in [1.54, 1.807) is 0 Å². The van der Waals surface area contributed by atoms with Crippen molar-refractivity contribution in [1.29, 1.82) is 0 Å². The number of carbonyl (C=O) groups excluding carboxylic acids is 2. The first-order valence-electron chi connectivity index (χ1n) is 5.27. The molecule has 1 atom stereocenters. The Morgan fingerprint density at radius 3 is 2.88 bits per heavy atom. The van der Waals surface area contributed by atoms with Gasteiger partial charge in [0.1, 0.15) is 6.04 Å². The Morgan fingerprint density at radius 1 is 1.53 bits per heavy atom. The van der Waals surface area contributed by atoms with Crippen LogP contribution >= 0.6 is 11.6 Å². The minimum absolute atomic E-state index is 0.144. The molecule has 1 aliphatic heterocycles. The normalized spacial score (nSPS) is 19.4. The monoisotopic (exact) mass is 257 g/mol. The molecule has 17 heavy (non-hydrogen) atoms. The largest absolute Gasteiger partial charge is 0.467 e. The molecular weight excluding hydrogens is 246 g/mol. The van der Waals surface area contributed by atoms with Crippen LogP contribution in [0.2, 0.25) is 5.22 Å². The number of nitrogens with zero attached hydrogens (tertiary/aromatic N) is 1. The third-order valence-corrected chi connectivity index (χ3v) is 2.97. The number of esters is 1. The highest BCUT2D eigenvalue weighted by molar-refractivity contribution is 6.29. The Hall–Kier alpha value is -1.49. The first-order valence-corrected chi connectivity index (χ1v) is 5.65. The first-order chi connectivity index (χ1) is 8.13.